The van der Waals surface area contributed by atoms with Crippen LogP contribution in [0.3, 0.4) is 0 Å². The minimum atomic E-state index is 1.32. The topological polar surface area (TPSA) is 0 Å². The highest BCUT2D eigenvalue weighted by molar-refractivity contribution is 6.74. The molecule has 0 unspecified atom stereocenters. The van der Waals surface area contributed by atoms with E-state index in [-0.39, 0.29) is 0 Å². The Morgan fingerprint density at radius 3 is 0.778 bits per heavy atom. The summed E-state index contributed by atoms with van der Waals surface area (Å²) < 4.78 is 0. The third-order valence-electron chi connectivity index (χ3n) is 15.1. The summed E-state index contributed by atoms with van der Waals surface area (Å²) in [5.41, 5.74) is 33.5. The minimum absolute atomic E-state index is 1.32. The summed E-state index contributed by atoms with van der Waals surface area (Å²) in [7, 11) is 42.1. The first-order valence-electron chi connectivity index (χ1n) is 20.0. The van der Waals surface area contributed by atoms with Gasteiger partial charge < -0.3 is 0 Å². The predicted molar refractivity (Wildman–Crippen MR) is 302 cm³/mol. The lowest BCUT2D eigenvalue weighted by atomic mass is 9.56. The molecule has 240 valence electrons. The van der Waals surface area contributed by atoms with Gasteiger partial charge in [0.2, 0.25) is 0 Å². The van der Waals surface area contributed by atoms with Crippen molar-refractivity contribution in [2.45, 2.75) is 0 Å². The van der Waals surface area contributed by atoms with Crippen molar-refractivity contribution in [3.8, 4) is 33.4 Å². The SMILES string of the molecule is Bc1c(B)c(B)c(-c2ccc(-c3c4c(B)c(B)c(B)c(B)c4c(-c4c(B)c(B)c(B)c(B)c4B)c4c(B)c(B)c(B)c(B)c34)c3ccccc23)c(B)c1B. The summed E-state index contributed by atoms with van der Waals surface area (Å²) in [6.07, 6.45) is 0. The molecule has 0 aromatic heterocycles. The molecule has 0 saturated heterocycles. The standard InChI is InChI=1S/C36H42B18/c37-19-12(20(38)28(46)35(53)27(19)45)10-6-5-9(7-3-1-2-4-8(7)10)11-14-16(23(41)31(49)29(47)21(14)39)13(17-15(11)22(40)30(48)32(50)24(17)42)18-25(43)33(51)36(54)34(52)26(18)44/h1-6H,37-54H2. The van der Waals surface area contributed by atoms with E-state index in [0.717, 1.165) is 0 Å². The molecule has 0 aliphatic rings. The molecule has 0 amide bonds. The van der Waals surface area contributed by atoms with Crippen LogP contribution in [0.2, 0.25) is 0 Å². The van der Waals surface area contributed by atoms with Crippen molar-refractivity contribution < 1.29 is 0 Å². The third kappa shape index (κ3) is 5.24. The second kappa shape index (κ2) is 13.6. The quantitative estimate of drug-likeness (QED) is 0.130. The van der Waals surface area contributed by atoms with E-state index in [9.17, 15) is 0 Å². The molecule has 0 N–H and O–H groups in total. The molecule has 0 bridgehead atoms. The summed E-state index contributed by atoms with van der Waals surface area (Å²) in [5.74, 6) is 0. The van der Waals surface area contributed by atoms with E-state index in [4.69, 9.17) is 0 Å². The van der Waals surface area contributed by atoms with Gasteiger partial charge in [0.05, 0.1) is 0 Å². The summed E-state index contributed by atoms with van der Waals surface area (Å²) in [6, 6.07) is 14.1. The number of hydrogen-bond acceptors (Lipinski definition) is 0. The molecule has 0 heterocycles. The van der Waals surface area contributed by atoms with Crippen LogP contribution in [0.4, 0.5) is 0 Å². The van der Waals surface area contributed by atoms with Gasteiger partial charge in [-0.2, -0.15) is 0 Å². The normalized spacial score (nSPS) is 11.6. The molecule has 7 aromatic rings. The second-order valence-electron chi connectivity index (χ2n) is 17.0. The van der Waals surface area contributed by atoms with Crippen LogP contribution in [-0.2, 0) is 0 Å². The van der Waals surface area contributed by atoms with Crippen molar-refractivity contribution in [3.63, 3.8) is 0 Å². The molecular weight excluding hydrogens is 627 g/mol. The van der Waals surface area contributed by atoms with E-state index < -0.39 is 0 Å². The summed E-state index contributed by atoms with van der Waals surface area (Å²) in [6.45, 7) is 0. The van der Waals surface area contributed by atoms with Gasteiger partial charge in [-0.25, -0.2) is 0 Å². The zero-order valence-electron chi connectivity index (χ0n) is 36.5. The van der Waals surface area contributed by atoms with Crippen molar-refractivity contribution in [2.24, 2.45) is 0 Å². The van der Waals surface area contributed by atoms with E-state index in [1.165, 1.54) is 164 Å². The van der Waals surface area contributed by atoms with E-state index in [1.54, 1.807) is 0 Å². The molecule has 54 heavy (non-hydrogen) atoms. The Morgan fingerprint density at radius 2 is 0.444 bits per heavy atom. The lowest BCUT2D eigenvalue weighted by molar-refractivity contribution is 1.71. The largest absolute Gasteiger partial charge is 0.139 e. The van der Waals surface area contributed by atoms with Crippen LogP contribution in [-0.4, -0.2) is 141 Å². The average Bonchev–Trinajstić information content (AvgIpc) is 3.16. The third-order valence-corrected chi connectivity index (χ3v) is 15.1. The Labute approximate surface area is 339 Å². The highest BCUT2D eigenvalue weighted by atomic mass is 14.3. The minimum Gasteiger partial charge on any atom is -0.102 e. The Kier molecular flexibility index (Phi) is 9.76. The summed E-state index contributed by atoms with van der Waals surface area (Å²) in [5, 5.41) is 8.29. The number of benzene rings is 7. The molecule has 7 rings (SSSR count). The van der Waals surface area contributed by atoms with Gasteiger partial charge in [-0.15, -0.1) is 54.6 Å². The molecule has 0 atom stereocenters. The van der Waals surface area contributed by atoms with Gasteiger partial charge >= 0.3 is 0 Å². The highest BCUT2D eigenvalue weighted by Gasteiger charge is 2.28. The predicted octanol–water partition coefficient (Wildman–Crippen LogP) is -21.2. The molecule has 0 aliphatic heterocycles. The maximum atomic E-state index is 2.47. The molecule has 0 aliphatic carbocycles. The first-order chi connectivity index (χ1) is 25.4. The molecular formula is C36H42B18. The number of hydrogen-bond donors (Lipinski definition) is 0. The fourth-order valence-corrected chi connectivity index (χ4v) is 10.2. The number of fused-ring (bicyclic) bond motifs is 3. The molecule has 0 radical (unpaired) electrons. The van der Waals surface area contributed by atoms with Crippen LogP contribution in [0.5, 0.6) is 0 Å². The maximum Gasteiger partial charge on any atom is 0.139 e. The number of rotatable bonds is 3. The van der Waals surface area contributed by atoms with Crippen LogP contribution in [0, 0.1) is 0 Å². The van der Waals surface area contributed by atoms with Crippen molar-refractivity contribution in [2.75, 3.05) is 0 Å². The van der Waals surface area contributed by atoms with Crippen molar-refractivity contribution >= 4 is 272 Å². The molecule has 0 nitrogen and oxygen atoms in total. The van der Waals surface area contributed by atoms with Gasteiger partial charge in [0.1, 0.15) is 141 Å². The zero-order chi connectivity index (χ0) is 39.6. The summed E-state index contributed by atoms with van der Waals surface area (Å²) >= 11 is 0. The lowest BCUT2D eigenvalue weighted by Gasteiger charge is -2.31. The zero-order valence-corrected chi connectivity index (χ0v) is 36.5. The van der Waals surface area contributed by atoms with E-state index in [2.05, 4.69) is 178 Å². The van der Waals surface area contributed by atoms with Crippen LogP contribution < -0.4 is 98.3 Å². The summed E-state index contributed by atoms with van der Waals surface area (Å²) in [4.78, 5) is 0. The molecule has 0 fully saturated rings. The maximum absolute atomic E-state index is 2.47. The van der Waals surface area contributed by atoms with E-state index >= 15 is 0 Å². The van der Waals surface area contributed by atoms with Gasteiger partial charge in [0.25, 0.3) is 0 Å². The van der Waals surface area contributed by atoms with Crippen LogP contribution >= 0.6 is 0 Å². The second-order valence-corrected chi connectivity index (χ2v) is 17.0. The van der Waals surface area contributed by atoms with Crippen LogP contribution in [0.15, 0.2) is 36.4 Å². The average molecular weight is 669 g/mol. The van der Waals surface area contributed by atoms with Gasteiger partial charge in [-0.1, -0.05) is 80.1 Å². The van der Waals surface area contributed by atoms with Gasteiger partial charge in [-0.05, 0) is 65.7 Å². The van der Waals surface area contributed by atoms with Crippen LogP contribution in [0.25, 0.3) is 65.7 Å². The first kappa shape index (κ1) is 38.8. The van der Waals surface area contributed by atoms with Crippen LogP contribution in [0.1, 0.15) is 0 Å². The van der Waals surface area contributed by atoms with Gasteiger partial charge in [-0.3, -0.25) is 0 Å². The highest BCUT2D eigenvalue weighted by Crippen LogP contribution is 2.43. The molecule has 0 saturated carbocycles. The fraction of sp³-hybridized carbons (Fsp3) is 0. The molecule has 0 spiro atoms. The molecule has 7 aromatic carbocycles. The molecule has 18 heteroatoms. The Morgan fingerprint density at radius 1 is 0.204 bits per heavy atom. The van der Waals surface area contributed by atoms with E-state index in [1.807, 2.05) is 0 Å². The Bertz CT molecular complexity index is 2720. The lowest BCUT2D eigenvalue weighted by Crippen LogP contribution is -2.55. The van der Waals surface area contributed by atoms with E-state index in [0.29, 0.717) is 0 Å². The van der Waals surface area contributed by atoms with Gasteiger partial charge in [0.15, 0.2) is 0 Å². The van der Waals surface area contributed by atoms with Crippen molar-refractivity contribution in [1.29, 1.82) is 0 Å². The first-order valence-corrected chi connectivity index (χ1v) is 20.0. The van der Waals surface area contributed by atoms with Crippen molar-refractivity contribution in [3.05, 3.63) is 36.4 Å². The Hall–Kier alpha value is -3.51. The van der Waals surface area contributed by atoms with Crippen molar-refractivity contribution in [1.82, 2.24) is 0 Å². The fourth-order valence-electron chi connectivity index (χ4n) is 10.2. The smallest absolute Gasteiger partial charge is 0.102 e. The monoisotopic (exact) mass is 672 g/mol. The van der Waals surface area contributed by atoms with Gasteiger partial charge in [0, 0.05) is 0 Å². The Balaban J connectivity index is 1.81.